The number of nitrogens with zero attached hydrogens (tertiary/aromatic N) is 3. The van der Waals surface area contributed by atoms with Gasteiger partial charge in [0.05, 0.1) is 12.1 Å². The molecular formula is C28H29ClF3MnN7O2S8Zn. The molecule has 1 aliphatic carbocycles. The van der Waals surface area contributed by atoms with Crippen LogP contribution in [0.4, 0.5) is 13.2 Å². The van der Waals surface area contributed by atoms with Gasteiger partial charge in [-0.25, -0.2) is 9.67 Å². The standard InChI is InChI=1S/C20H17ClF3N3O2.2C4H8N2S4.Mn.Zn/c21-14-3-5-15(6-4-14)29-16-7-8-17(18(9-16)20(22,23)24)19(28,13-1-2-13)10-27-12-25-11-26-27;2*7-3(8)5-1-2-6-4(9)10;;/h3-9,11-13,28H,1-2,10H2;2*1-2H2,(H2,5,7,8)(H2,6,9,10);;/q;;;2*+2/p-4. The molecule has 1 aromatic heterocycles. The smallest absolute Gasteiger partial charge is 0.457 e. The number of ether oxygens (including phenoxy) is 1. The molecule has 0 bridgehead atoms. The van der Waals surface area contributed by atoms with Crippen LogP contribution in [0.15, 0.2) is 55.1 Å². The summed E-state index contributed by atoms with van der Waals surface area (Å²) in [5.41, 5.74) is -2.83. The molecule has 1 aliphatic rings. The molecule has 0 spiro atoms. The van der Waals surface area contributed by atoms with Gasteiger partial charge in [0.2, 0.25) is 0 Å². The van der Waals surface area contributed by atoms with Crippen LogP contribution in [0, 0.1) is 5.92 Å². The fourth-order valence-corrected chi connectivity index (χ4v) is 4.99. The van der Waals surface area contributed by atoms with Crippen molar-refractivity contribution in [2.75, 3.05) is 26.2 Å². The van der Waals surface area contributed by atoms with E-state index in [9.17, 15) is 18.3 Å². The van der Waals surface area contributed by atoms with E-state index in [1.165, 1.54) is 29.5 Å². The van der Waals surface area contributed by atoms with Crippen molar-refractivity contribution in [2.24, 2.45) is 5.92 Å². The predicted octanol–water partition coefficient (Wildman–Crippen LogP) is 4.69. The Morgan fingerprint density at radius 1 is 0.824 bits per heavy atom. The van der Waals surface area contributed by atoms with Gasteiger partial charge in [0.15, 0.2) is 0 Å². The van der Waals surface area contributed by atoms with Gasteiger partial charge < -0.3 is 130 Å². The molecule has 1 heterocycles. The van der Waals surface area contributed by atoms with Crippen LogP contribution >= 0.6 is 60.5 Å². The zero-order valence-electron chi connectivity index (χ0n) is 26.3. The molecular weight excluding hydrogens is 936 g/mol. The third-order valence-electron chi connectivity index (χ3n) is 6.26. The number of hydrogen-bond acceptors (Lipinski definition) is 12. The third kappa shape index (κ3) is 20.3. The summed E-state index contributed by atoms with van der Waals surface area (Å²) in [4.78, 5) is 3.81. The van der Waals surface area contributed by atoms with E-state index in [0.717, 1.165) is 6.07 Å². The molecule has 0 amide bonds. The van der Waals surface area contributed by atoms with Gasteiger partial charge in [-0.1, -0.05) is 34.9 Å². The topological polar surface area (TPSA) is 108 Å². The molecule has 51 heavy (non-hydrogen) atoms. The summed E-state index contributed by atoms with van der Waals surface area (Å²) in [6.07, 6.45) is -0.726. The van der Waals surface area contributed by atoms with E-state index in [-0.39, 0.29) is 60.3 Å². The fourth-order valence-electron chi connectivity index (χ4n) is 4.05. The minimum absolute atomic E-state index is 0. The summed E-state index contributed by atoms with van der Waals surface area (Å²) in [6.45, 7) is 2.55. The van der Waals surface area contributed by atoms with Crippen LogP contribution in [-0.2, 0) is 105 Å². The van der Waals surface area contributed by atoms with Crippen molar-refractivity contribution in [1.29, 1.82) is 0 Å². The average molecular weight is 965 g/mol. The van der Waals surface area contributed by atoms with E-state index < -0.39 is 17.3 Å². The van der Waals surface area contributed by atoms with Crippen LogP contribution < -0.4 is 26.0 Å². The summed E-state index contributed by atoms with van der Waals surface area (Å²) in [6, 6.07) is 9.92. The van der Waals surface area contributed by atoms with E-state index in [0.29, 0.717) is 67.1 Å². The van der Waals surface area contributed by atoms with Gasteiger partial charge in [-0.15, -0.1) is 0 Å². The molecule has 4 rings (SSSR count). The second-order valence-corrected chi connectivity index (χ2v) is 14.6. The molecule has 2 aromatic carbocycles. The molecule has 0 saturated heterocycles. The molecule has 0 aliphatic heterocycles. The Hall–Kier alpha value is -0.997. The summed E-state index contributed by atoms with van der Waals surface area (Å²) in [7, 11) is 0. The van der Waals surface area contributed by atoms with Gasteiger partial charge in [0, 0.05) is 31.2 Å². The van der Waals surface area contributed by atoms with Crippen LogP contribution in [0.3, 0.4) is 0 Å². The molecule has 1 saturated carbocycles. The molecule has 1 fully saturated rings. The molecule has 3 aromatic rings. The number of hydrogen-bond donors (Lipinski definition) is 5. The van der Waals surface area contributed by atoms with Crippen molar-refractivity contribution < 1.29 is 59.6 Å². The number of rotatable bonds is 12. The zero-order valence-corrected chi connectivity index (χ0v) is 37.7. The minimum atomic E-state index is -4.67. The number of halogens is 4. The Kier molecular flexibility index (Phi) is 24.7. The third-order valence-corrected chi connectivity index (χ3v) is 7.67. The van der Waals surface area contributed by atoms with Crippen molar-refractivity contribution >= 4 is 128 Å². The van der Waals surface area contributed by atoms with Gasteiger partial charge >= 0.3 is 42.7 Å². The Labute approximate surface area is 366 Å². The Balaban J connectivity index is 0.000000947. The molecule has 1 radical (unpaired) electrons. The monoisotopic (exact) mass is 962 g/mol. The maximum Gasteiger partial charge on any atom is 2.00 e. The number of benzene rings is 2. The summed E-state index contributed by atoms with van der Waals surface area (Å²) >= 11 is 42.6. The van der Waals surface area contributed by atoms with Gasteiger partial charge in [0.1, 0.15) is 29.8 Å². The van der Waals surface area contributed by atoms with E-state index in [2.05, 4.69) is 131 Å². The van der Waals surface area contributed by atoms with Gasteiger partial charge in [-0.3, -0.25) is 0 Å². The molecule has 9 nitrogen and oxygen atoms in total. The van der Waals surface area contributed by atoms with Crippen molar-refractivity contribution in [3.05, 3.63) is 71.3 Å². The molecule has 5 N–H and O–H groups in total. The number of thiocarbonyl (C=S) groups is 4. The normalized spacial score (nSPS) is 12.6. The van der Waals surface area contributed by atoms with Gasteiger partial charge in [-0.2, -0.15) is 18.3 Å². The molecule has 23 heteroatoms. The van der Waals surface area contributed by atoms with Crippen LogP contribution in [0.2, 0.25) is 5.02 Å². The Morgan fingerprint density at radius 3 is 1.65 bits per heavy atom. The first-order valence-corrected chi connectivity index (χ1v) is 17.6. The zero-order chi connectivity index (χ0) is 36.6. The van der Waals surface area contributed by atoms with Crippen molar-refractivity contribution in [3.8, 4) is 11.5 Å². The minimum Gasteiger partial charge on any atom is -0.457 e. The first-order chi connectivity index (χ1) is 23.0. The van der Waals surface area contributed by atoms with E-state index in [1.54, 1.807) is 24.3 Å². The summed E-state index contributed by atoms with van der Waals surface area (Å²) in [5, 5.41) is 26.9. The van der Waals surface area contributed by atoms with Crippen molar-refractivity contribution in [2.45, 2.75) is 31.2 Å². The summed E-state index contributed by atoms with van der Waals surface area (Å²) in [5.74, 6) is 0.0912. The number of aromatic nitrogens is 3. The average Bonchev–Trinajstić information content (AvgIpc) is 3.76. The summed E-state index contributed by atoms with van der Waals surface area (Å²) < 4.78 is 50.1. The largest absolute Gasteiger partial charge is 2.00 e. The number of aliphatic hydroxyl groups is 1. The Bertz CT molecular complexity index is 1490. The molecule has 1 unspecified atom stereocenters. The second-order valence-electron chi connectivity index (χ2n) is 9.91. The maximum atomic E-state index is 13.9. The quantitative estimate of drug-likeness (QED) is 0.0750. The van der Waals surface area contributed by atoms with Crippen LogP contribution in [0.25, 0.3) is 0 Å². The van der Waals surface area contributed by atoms with Gasteiger partial charge in [-0.05, 0) is 60.7 Å². The van der Waals surface area contributed by atoms with Crippen LogP contribution in [0.1, 0.15) is 24.0 Å². The fraction of sp³-hybridized carbons (Fsp3) is 0.357. The van der Waals surface area contributed by atoms with Crippen molar-refractivity contribution in [1.82, 2.24) is 36.0 Å². The number of nitrogens with one attached hydrogen (secondary N) is 4. The second kappa shape index (κ2) is 25.2. The van der Waals surface area contributed by atoms with Crippen molar-refractivity contribution in [3.63, 3.8) is 0 Å². The van der Waals surface area contributed by atoms with Crippen LogP contribution in [-0.4, -0.2) is 63.3 Å². The van der Waals surface area contributed by atoms with E-state index in [1.807, 2.05) is 0 Å². The Morgan fingerprint density at radius 2 is 1.27 bits per heavy atom. The molecule has 273 valence electrons. The van der Waals surface area contributed by atoms with Gasteiger partial charge in [0.25, 0.3) is 0 Å². The van der Waals surface area contributed by atoms with E-state index in [4.69, 9.17) is 16.3 Å². The number of alkyl halides is 3. The first-order valence-electron chi connectivity index (χ1n) is 14.0. The maximum absolute atomic E-state index is 13.9. The predicted molar refractivity (Wildman–Crippen MR) is 211 cm³/mol. The van der Waals surface area contributed by atoms with E-state index >= 15 is 0 Å². The molecule has 1 atom stereocenters. The van der Waals surface area contributed by atoms with Crippen LogP contribution in [0.5, 0.6) is 11.5 Å². The SMILES string of the molecule is OC(Cn1cncn1)(c1ccc(Oc2ccc(Cl)cc2)cc1C(F)(F)F)C1CC1.S=C([S-])NCCNC(=S)[S-].S=C([S-])NCCNC(=S)[S-].[Mn+2].[Zn+2]. The first kappa shape index (κ1) is 50.0.